The zero-order chi connectivity index (χ0) is 13.1. The molecule has 1 aromatic heterocycles. The van der Waals surface area contributed by atoms with Crippen molar-refractivity contribution >= 4 is 26.8 Å². The summed E-state index contributed by atoms with van der Waals surface area (Å²) in [6.45, 7) is 9.05. The zero-order valence-electron chi connectivity index (χ0n) is 10.7. The molecule has 3 heteroatoms. The van der Waals surface area contributed by atoms with Gasteiger partial charge in [0.1, 0.15) is 0 Å². The maximum absolute atomic E-state index is 4.74. The van der Waals surface area contributed by atoms with Crippen molar-refractivity contribution in [1.29, 1.82) is 0 Å². The molecule has 1 N–H and O–H groups in total. The normalized spacial score (nSPS) is 12.6. The molecule has 0 saturated heterocycles. The number of nitrogens with one attached hydrogen (secondary N) is 1. The van der Waals surface area contributed by atoms with Crippen LogP contribution in [0.1, 0.15) is 25.6 Å². The third-order valence-corrected chi connectivity index (χ3v) is 3.51. The van der Waals surface area contributed by atoms with E-state index in [0.717, 1.165) is 33.2 Å². The Morgan fingerprint density at radius 2 is 2.17 bits per heavy atom. The number of halogens is 1. The molecule has 18 heavy (non-hydrogen) atoms. The topological polar surface area (TPSA) is 24.9 Å². The summed E-state index contributed by atoms with van der Waals surface area (Å²) in [5, 5.41) is 4.56. The molecule has 2 rings (SSSR count). The SMILES string of the molecule is C=C(C)C(NCC)c1nc2ccccc2cc1Br. The summed E-state index contributed by atoms with van der Waals surface area (Å²) < 4.78 is 1.02. The molecule has 2 aromatic rings. The van der Waals surface area contributed by atoms with Gasteiger partial charge in [0, 0.05) is 9.86 Å². The molecule has 1 aromatic carbocycles. The van der Waals surface area contributed by atoms with E-state index in [9.17, 15) is 0 Å². The molecule has 1 unspecified atom stereocenters. The van der Waals surface area contributed by atoms with Gasteiger partial charge in [-0.05, 0) is 41.5 Å². The first-order chi connectivity index (χ1) is 8.63. The molecule has 0 saturated carbocycles. The maximum Gasteiger partial charge on any atom is 0.0764 e. The number of fused-ring (bicyclic) bond motifs is 1. The van der Waals surface area contributed by atoms with Gasteiger partial charge < -0.3 is 5.32 Å². The molecular weight excluding hydrogens is 288 g/mol. The van der Waals surface area contributed by atoms with Crippen LogP contribution in [0.25, 0.3) is 10.9 Å². The van der Waals surface area contributed by atoms with E-state index in [-0.39, 0.29) is 6.04 Å². The number of para-hydroxylation sites is 1. The summed E-state index contributed by atoms with van der Waals surface area (Å²) in [6.07, 6.45) is 0. The lowest BCUT2D eigenvalue weighted by molar-refractivity contribution is 0.606. The fourth-order valence-corrected chi connectivity index (χ4v) is 2.58. The highest BCUT2D eigenvalue weighted by Gasteiger charge is 2.16. The van der Waals surface area contributed by atoms with E-state index in [1.54, 1.807) is 0 Å². The van der Waals surface area contributed by atoms with E-state index in [1.165, 1.54) is 0 Å². The van der Waals surface area contributed by atoms with Crippen molar-refractivity contribution < 1.29 is 0 Å². The Morgan fingerprint density at radius 1 is 1.44 bits per heavy atom. The van der Waals surface area contributed by atoms with Gasteiger partial charge in [0.05, 0.1) is 17.3 Å². The smallest absolute Gasteiger partial charge is 0.0764 e. The molecule has 94 valence electrons. The van der Waals surface area contributed by atoms with Gasteiger partial charge >= 0.3 is 0 Å². The molecule has 0 aliphatic heterocycles. The quantitative estimate of drug-likeness (QED) is 0.855. The van der Waals surface area contributed by atoms with E-state index in [4.69, 9.17) is 4.98 Å². The van der Waals surface area contributed by atoms with Gasteiger partial charge in [0.15, 0.2) is 0 Å². The molecule has 1 atom stereocenters. The largest absolute Gasteiger partial charge is 0.305 e. The Labute approximate surface area is 116 Å². The van der Waals surface area contributed by atoms with Crippen molar-refractivity contribution in [2.75, 3.05) is 6.54 Å². The molecule has 1 heterocycles. The molecule has 2 nitrogen and oxygen atoms in total. The molecule has 0 amide bonds. The van der Waals surface area contributed by atoms with Crippen LogP contribution in [0.3, 0.4) is 0 Å². The molecule has 0 fully saturated rings. The predicted octanol–water partition coefficient (Wildman–Crippen LogP) is 4.22. The van der Waals surface area contributed by atoms with E-state index in [0.29, 0.717) is 0 Å². The van der Waals surface area contributed by atoms with Crippen LogP contribution in [0.2, 0.25) is 0 Å². The summed E-state index contributed by atoms with van der Waals surface area (Å²) >= 11 is 3.61. The number of benzene rings is 1. The monoisotopic (exact) mass is 304 g/mol. The van der Waals surface area contributed by atoms with Gasteiger partial charge in [-0.3, -0.25) is 0 Å². The van der Waals surface area contributed by atoms with Crippen molar-refractivity contribution in [3.8, 4) is 0 Å². The number of rotatable bonds is 4. The van der Waals surface area contributed by atoms with Gasteiger partial charge in [-0.1, -0.05) is 37.3 Å². The van der Waals surface area contributed by atoms with E-state index in [1.807, 2.05) is 25.1 Å². The standard InChI is InChI=1S/C15H17BrN2/c1-4-17-14(10(2)3)15-12(16)9-11-7-5-6-8-13(11)18-15/h5-9,14,17H,2,4H2,1,3H3. The second-order valence-electron chi connectivity index (χ2n) is 4.39. The summed E-state index contributed by atoms with van der Waals surface area (Å²) in [7, 11) is 0. The Morgan fingerprint density at radius 3 is 2.83 bits per heavy atom. The van der Waals surface area contributed by atoms with Crippen LogP contribution in [0.5, 0.6) is 0 Å². The van der Waals surface area contributed by atoms with Gasteiger partial charge in [-0.15, -0.1) is 0 Å². The average Bonchev–Trinajstić information content (AvgIpc) is 2.35. The summed E-state index contributed by atoms with van der Waals surface area (Å²) in [4.78, 5) is 4.74. The van der Waals surface area contributed by atoms with Crippen LogP contribution < -0.4 is 5.32 Å². The fraction of sp³-hybridized carbons (Fsp3) is 0.267. The number of hydrogen-bond donors (Lipinski definition) is 1. The molecule has 0 radical (unpaired) electrons. The van der Waals surface area contributed by atoms with Crippen LogP contribution in [0.4, 0.5) is 0 Å². The van der Waals surface area contributed by atoms with E-state index < -0.39 is 0 Å². The van der Waals surface area contributed by atoms with Gasteiger partial charge in [-0.25, -0.2) is 4.98 Å². The van der Waals surface area contributed by atoms with Crippen molar-refractivity contribution in [3.63, 3.8) is 0 Å². The molecular formula is C15H17BrN2. The van der Waals surface area contributed by atoms with Crippen LogP contribution >= 0.6 is 15.9 Å². The third-order valence-electron chi connectivity index (χ3n) is 2.88. The van der Waals surface area contributed by atoms with Crippen molar-refractivity contribution in [2.45, 2.75) is 19.9 Å². The maximum atomic E-state index is 4.74. The first-order valence-corrected chi connectivity index (χ1v) is 6.86. The number of likely N-dealkylation sites (N-methyl/N-ethyl adjacent to an activating group) is 1. The van der Waals surface area contributed by atoms with Crippen molar-refractivity contribution in [3.05, 3.63) is 52.7 Å². The highest BCUT2D eigenvalue weighted by molar-refractivity contribution is 9.10. The second kappa shape index (κ2) is 5.63. The average molecular weight is 305 g/mol. The highest BCUT2D eigenvalue weighted by Crippen LogP contribution is 2.29. The Bertz CT molecular complexity index is 578. The number of nitrogens with zero attached hydrogens (tertiary/aromatic N) is 1. The summed E-state index contributed by atoms with van der Waals surface area (Å²) in [5.74, 6) is 0. The Kier molecular flexibility index (Phi) is 4.15. The third kappa shape index (κ3) is 2.62. The predicted molar refractivity (Wildman–Crippen MR) is 80.7 cm³/mol. The molecule has 0 aliphatic rings. The van der Waals surface area contributed by atoms with Crippen LogP contribution in [-0.2, 0) is 0 Å². The number of pyridine rings is 1. The number of hydrogen-bond acceptors (Lipinski definition) is 2. The van der Waals surface area contributed by atoms with Gasteiger partial charge in [0.2, 0.25) is 0 Å². The summed E-state index contributed by atoms with van der Waals surface area (Å²) in [6, 6.07) is 10.3. The molecule has 0 aliphatic carbocycles. The van der Waals surface area contributed by atoms with Gasteiger partial charge in [-0.2, -0.15) is 0 Å². The lowest BCUT2D eigenvalue weighted by Crippen LogP contribution is -2.23. The Balaban J connectivity index is 2.55. The zero-order valence-corrected chi connectivity index (χ0v) is 12.3. The van der Waals surface area contributed by atoms with Crippen LogP contribution in [0.15, 0.2) is 47.0 Å². The molecule has 0 bridgehead atoms. The van der Waals surface area contributed by atoms with Gasteiger partial charge in [0.25, 0.3) is 0 Å². The van der Waals surface area contributed by atoms with Crippen LogP contribution in [0, 0.1) is 0 Å². The lowest BCUT2D eigenvalue weighted by Gasteiger charge is -2.19. The van der Waals surface area contributed by atoms with E-state index in [2.05, 4.69) is 46.9 Å². The second-order valence-corrected chi connectivity index (χ2v) is 5.24. The first kappa shape index (κ1) is 13.2. The highest BCUT2D eigenvalue weighted by atomic mass is 79.9. The minimum Gasteiger partial charge on any atom is -0.305 e. The van der Waals surface area contributed by atoms with E-state index >= 15 is 0 Å². The molecule has 0 spiro atoms. The Hall–Kier alpha value is -1.19. The first-order valence-electron chi connectivity index (χ1n) is 6.07. The summed E-state index contributed by atoms with van der Waals surface area (Å²) in [5.41, 5.74) is 3.09. The minimum absolute atomic E-state index is 0.0916. The minimum atomic E-state index is 0.0916. The van der Waals surface area contributed by atoms with Crippen LogP contribution in [-0.4, -0.2) is 11.5 Å². The fourth-order valence-electron chi connectivity index (χ4n) is 2.02. The lowest BCUT2D eigenvalue weighted by atomic mass is 10.1. The van der Waals surface area contributed by atoms with Crippen molar-refractivity contribution in [2.24, 2.45) is 0 Å². The number of aromatic nitrogens is 1. The van der Waals surface area contributed by atoms with Crippen molar-refractivity contribution in [1.82, 2.24) is 10.3 Å².